The molecular formula is C15H23N5O2. The lowest BCUT2D eigenvalue weighted by Crippen LogP contribution is -2.32. The van der Waals surface area contributed by atoms with Gasteiger partial charge >= 0.3 is 5.69 Å². The van der Waals surface area contributed by atoms with Crippen molar-refractivity contribution in [3.05, 3.63) is 27.2 Å². The lowest BCUT2D eigenvalue weighted by molar-refractivity contribution is 0.336. The van der Waals surface area contributed by atoms with E-state index in [0.29, 0.717) is 23.6 Å². The van der Waals surface area contributed by atoms with Crippen LogP contribution < -0.4 is 16.6 Å². The molecule has 0 aliphatic carbocycles. The van der Waals surface area contributed by atoms with Gasteiger partial charge in [-0.2, -0.15) is 0 Å². The minimum absolute atomic E-state index is 0.334. The van der Waals surface area contributed by atoms with Crippen LogP contribution in [0.4, 0.5) is 0 Å². The Morgan fingerprint density at radius 3 is 2.82 bits per heavy atom. The molecule has 3 rings (SSSR count). The summed E-state index contributed by atoms with van der Waals surface area (Å²) in [5.41, 5.74) is 0.336. The maximum Gasteiger partial charge on any atom is 0.330 e. The lowest BCUT2D eigenvalue weighted by Gasteiger charge is -2.22. The van der Waals surface area contributed by atoms with Crippen molar-refractivity contribution in [3.63, 3.8) is 0 Å². The summed E-state index contributed by atoms with van der Waals surface area (Å²) in [5.74, 6) is 0.550. The number of aryl methyl sites for hydroxylation is 1. The molecule has 0 unspecified atom stereocenters. The molecule has 1 fully saturated rings. The minimum Gasteiger partial charge on any atom is -0.324 e. The van der Waals surface area contributed by atoms with Crippen molar-refractivity contribution in [1.82, 2.24) is 24.4 Å². The molecule has 2 aromatic rings. The highest BCUT2D eigenvalue weighted by Crippen LogP contribution is 2.16. The van der Waals surface area contributed by atoms with E-state index >= 15 is 0 Å². The van der Waals surface area contributed by atoms with E-state index < -0.39 is 0 Å². The summed E-state index contributed by atoms with van der Waals surface area (Å²) in [4.78, 5) is 31.0. The number of fused-ring (bicyclic) bond motifs is 1. The Morgan fingerprint density at radius 1 is 1.32 bits per heavy atom. The highest BCUT2D eigenvalue weighted by molar-refractivity contribution is 5.69. The number of unbranched alkanes of at least 4 members (excludes halogenated alkanes) is 1. The van der Waals surface area contributed by atoms with Crippen LogP contribution in [0, 0.1) is 5.92 Å². The second-order valence-electron chi connectivity index (χ2n) is 6.03. The highest BCUT2D eigenvalue weighted by Gasteiger charge is 2.18. The molecule has 0 aromatic carbocycles. The summed E-state index contributed by atoms with van der Waals surface area (Å²) in [6, 6.07) is 0. The lowest BCUT2D eigenvalue weighted by atomic mass is 9.98. The summed E-state index contributed by atoms with van der Waals surface area (Å²) in [5, 5.41) is 3.34. The van der Waals surface area contributed by atoms with Crippen LogP contribution in [0.15, 0.2) is 15.9 Å². The second kappa shape index (κ2) is 6.48. The Hall–Kier alpha value is -1.89. The van der Waals surface area contributed by atoms with Crippen molar-refractivity contribution in [2.45, 2.75) is 45.7 Å². The maximum absolute atomic E-state index is 12.2. The van der Waals surface area contributed by atoms with Crippen LogP contribution in [0.5, 0.6) is 0 Å². The van der Waals surface area contributed by atoms with Gasteiger partial charge in [0.15, 0.2) is 11.2 Å². The molecule has 0 spiro atoms. The number of hydrogen-bond donors (Lipinski definition) is 2. The van der Waals surface area contributed by atoms with Gasteiger partial charge in [0.05, 0.1) is 6.33 Å². The van der Waals surface area contributed by atoms with Gasteiger partial charge in [-0.3, -0.25) is 14.3 Å². The molecule has 0 atom stereocenters. The van der Waals surface area contributed by atoms with Crippen molar-refractivity contribution in [2.75, 3.05) is 13.1 Å². The number of rotatable bonds is 5. The fourth-order valence-corrected chi connectivity index (χ4v) is 3.13. The fraction of sp³-hybridized carbons (Fsp3) is 0.667. The Balaban J connectivity index is 1.98. The van der Waals surface area contributed by atoms with Crippen molar-refractivity contribution >= 4 is 11.2 Å². The Kier molecular flexibility index (Phi) is 4.42. The SMILES string of the molecule is CCCCn1c(=O)[nH]c(=O)c2c1ncn2CC1CCNCC1. The van der Waals surface area contributed by atoms with Crippen molar-refractivity contribution in [1.29, 1.82) is 0 Å². The second-order valence-corrected chi connectivity index (χ2v) is 6.03. The quantitative estimate of drug-likeness (QED) is 0.851. The van der Waals surface area contributed by atoms with Gasteiger partial charge < -0.3 is 9.88 Å². The third kappa shape index (κ3) is 2.85. The molecule has 0 amide bonds. The van der Waals surface area contributed by atoms with E-state index in [1.165, 1.54) is 0 Å². The number of nitrogens with zero attached hydrogens (tertiary/aromatic N) is 3. The number of nitrogens with one attached hydrogen (secondary N) is 2. The molecule has 7 heteroatoms. The third-order valence-corrected chi connectivity index (χ3v) is 4.40. The topological polar surface area (TPSA) is 84.7 Å². The number of imidazole rings is 1. The number of aromatic nitrogens is 4. The monoisotopic (exact) mass is 305 g/mol. The normalized spacial score (nSPS) is 16.4. The Labute approximate surface area is 128 Å². The minimum atomic E-state index is -0.363. The standard InChI is InChI=1S/C15H23N5O2/c1-2-3-8-20-13-12(14(21)18-15(20)22)19(10-17-13)9-11-4-6-16-7-5-11/h10-11,16H,2-9H2,1H3,(H,18,21,22). The zero-order chi connectivity index (χ0) is 15.5. The average Bonchev–Trinajstić information content (AvgIpc) is 2.92. The van der Waals surface area contributed by atoms with E-state index in [-0.39, 0.29) is 11.2 Å². The van der Waals surface area contributed by atoms with Crippen LogP contribution in [-0.4, -0.2) is 32.2 Å². The molecule has 2 N–H and O–H groups in total. The first-order valence-electron chi connectivity index (χ1n) is 8.09. The van der Waals surface area contributed by atoms with Gasteiger partial charge in [0.1, 0.15) is 0 Å². The smallest absolute Gasteiger partial charge is 0.324 e. The molecule has 7 nitrogen and oxygen atoms in total. The zero-order valence-electron chi connectivity index (χ0n) is 13.0. The predicted octanol–water partition coefficient (Wildman–Crippen LogP) is 0.686. The highest BCUT2D eigenvalue weighted by atomic mass is 16.2. The van der Waals surface area contributed by atoms with Gasteiger partial charge in [0.25, 0.3) is 5.56 Å². The maximum atomic E-state index is 12.2. The molecule has 0 radical (unpaired) electrons. The van der Waals surface area contributed by atoms with E-state index in [2.05, 4.69) is 22.2 Å². The average molecular weight is 305 g/mol. The van der Waals surface area contributed by atoms with Gasteiger partial charge in [-0.1, -0.05) is 13.3 Å². The molecule has 0 saturated carbocycles. The van der Waals surface area contributed by atoms with Crippen molar-refractivity contribution < 1.29 is 0 Å². The van der Waals surface area contributed by atoms with Crippen LogP contribution in [0.3, 0.4) is 0 Å². The fourth-order valence-electron chi connectivity index (χ4n) is 3.13. The van der Waals surface area contributed by atoms with Crippen molar-refractivity contribution in [2.24, 2.45) is 5.92 Å². The zero-order valence-corrected chi connectivity index (χ0v) is 13.0. The summed E-state index contributed by atoms with van der Waals surface area (Å²) in [6.45, 7) is 5.49. The van der Waals surface area contributed by atoms with Gasteiger partial charge in [-0.05, 0) is 38.3 Å². The molecule has 3 heterocycles. The molecule has 120 valence electrons. The van der Waals surface area contributed by atoms with E-state index in [0.717, 1.165) is 45.3 Å². The van der Waals surface area contributed by atoms with Crippen molar-refractivity contribution in [3.8, 4) is 0 Å². The van der Waals surface area contributed by atoms with Gasteiger partial charge in [0, 0.05) is 13.1 Å². The number of piperidine rings is 1. The predicted molar refractivity (Wildman–Crippen MR) is 85.1 cm³/mol. The molecule has 2 aromatic heterocycles. The van der Waals surface area contributed by atoms with E-state index in [1.54, 1.807) is 10.9 Å². The Bertz CT molecular complexity index is 751. The molecule has 0 bridgehead atoms. The molecular weight excluding hydrogens is 282 g/mol. The molecule has 1 aliphatic rings. The van der Waals surface area contributed by atoms with Crippen LogP contribution in [-0.2, 0) is 13.1 Å². The largest absolute Gasteiger partial charge is 0.330 e. The molecule has 1 saturated heterocycles. The summed E-state index contributed by atoms with van der Waals surface area (Å²) in [6.07, 6.45) is 5.79. The number of aromatic amines is 1. The van der Waals surface area contributed by atoms with E-state index in [1.807, 2.05) is 4.57 Å². The summed E-state index contributed by atoms with van der Waals surface area (Å²) < 4.78 is 3.49. The number of hydrogen-bond acceptors (Lipinski definition) is 4. The van der Waals surface area contributed by atoms with E-state index in [4.69, 9.17) is 0 Å². The van der Waals surface area contributed by atoms with Gasteiger partial charge in [0.2, 0.25) is 0 Å². The molecule has 22 heavy (non-hydrogen) atoms. The Morgan fingerprint density at radius 2 is 2.09 bits per heavy atom. The summed E-state index contributed by atoms with van der Waals surface area (Å²) >= 11 is 0. The van der Waals surface area contributed by atoms with E-state index in [9.17, 15) is 9.59 Å². The first-order valence-corrected chi connectivity index (χ1v) is 8.09. The molecule has 1 aliphatic heterocycles. The third-order valence-electron chi connectivity index (χ3n) is 4.40. The van der Waals surface area contributed by atoms with Crippen LogP contribution in [0.25, 0.3) is 11.2 Å². The van der Waals surface area contributed by atoms with Gasteiger partial charge in [-0.25, -0.2) is 9.78 Å². The van der Waals surface area contributed by atoms with Crippen LogP contribution in [0.2, 0.25) is 0 Å². The van der Waals surface area contributed by atoms with Gasteiger partial charge in [-0.15, -0.1) is 0 Å². The first kappa shape index (κ1) is 15.0. The van der Waals surface area contributed by atoms with Crippen LogP contribution in [0.1, 0.15) is 32.6 Å². The number of H-pyrrole nitrogens is 1. The van der Waals surface area contributed by atoms with Crippen LogP contribution >= 0.6 is 0 Å². The summed E-state index contributed by atoms with van der Waals surface area (Å²) in [7, 11) is 0. The first-order chi connectivity index (χ1) is 10.7.